The van der Waals surface area contributed by atoms with Gasteiger partial charge in [-0.15, -0.1) is 0 Å². The molecule has 108 valence electrons. The van der Waals surface area contributed by atoms with Crippen LogP contribution in [0.15, 0.2) is 12.3 Å². The van der Waals surface area contributed by atoms with Crippen molar-refractivity contribution in [2.75, 3.05) is 0 Å². The number of carboxylic acid groups (broad SMARTS) is 1. The van der Waals surface area contributed by atoms with E-state index in [1.165, 1.54) is 0 Å². The zero-order valence-electron chi connectivity index (χ0n) is 10.0. The number of aliphatic carboxylic acids is 1. The van der Waals surface area contributed by atoms with E-state index in [9.17, 15) is 22.8 Å². The highest BCUT2D eigenvalue weighted by molar-refractivity contribution is 5.89. The van der Waals surface area contributed by atoms with Crippen LogP contribution in [-0.2, 0) is 22.3 Å². The first-order valence-corrected chi connectivity index (χ1v) is 5.68. The molecule has 0 saturated heterocycles. The fraction of sp³-hybridized carbons (Fsp3) is 0.455. The highest BCUT2D eigenvalue weighted by Crippen LogP contribution is 2.38. The molecule has 0 radical (unpaired) electrons. The Hall–Kier alpha value is -2.19. The minimum atomic E-state index is -4.58. The number of aromatic nitrogens is 2. The number of alkyl halides is 3. The summed E-state index contributed by atoms with van der Waals surface area (Å²) in [4.78, 5) is 29.0. The molecular weight excluding hydrogens is 279 g/mol. The van der Waals surface area contributed by atoms with E-state index in [1.807, 2.05) is 0 Å². The summed E-state index contributed by atoms with van der Waals surface area (Å²) < 4.78 is 37.2. The standard InChI is InChI=1S/C11H10F3N3O3/c12-11(13,14)7-1-2-15-8(17-7)4-16-9(18)5-3-6(5)10(19)20/h1-2,5-6H,3-4H2,(H,16,18)(H,19,20). The first-order valence-electron chi connectivity index (χ1n) is 5.68. The SMILES string of the molecule is O=C(O)C1CC1C(=O)NCc1nccc(C(F)(F)F)n1. The second kappa shape index (κ2) is 5.06. The molecule has 0 bridgehead atoms. The van der Waals surface area contributed by atoms with Crippen LogP contribution in [0.4, 0.5) is 13.2 Å². The van der Waals surface area contributed by atoms with Crippen molar-refractivity contribution in [1.82, 2.24) is 15.3 Å². The van der Waals surface area contributed by atoms with Crippen LogP contribution >= 0.6 is 0 Å². The largest absolute Gasteiger partial charge is 0.481 e. The third kappa shape index (κ3) is 3.22. The number of hydrogen-bond acceptors (Lipinski definition) is 4. The lowest BCUT2D eigenvalue weighted by Crippen LogP contribution is -2.27. The van der Waals surface area contributed by atoms with Crippen molar-refractivity contribution < 1.29 is 27.9 Å². The Bertz CT molecular complexity index is 547. The predicted octanol–water partition coefficient (Wildman–Crippen LogP) is 0.832. The maximum Gasteiger partial charge on any atom is 0.433 e. The van der Waals surface area contributed by atoms with E-state index in [0.717, 1.165) is 12.3 Å². The Morgan fingerprint density at radius 3 is 2.65 bits per heavy atom. The summed E-state index contributed by atoms with van der Waals surface area (Å²) in [6, 6.07) is 0.729. The van der Waals surface area contributed by atoms with Crippen LogP contribution in [-0.4, -0.2) is 27.0 Å². The van der Waals surface area contributed by atoms with E-state index in [1.54, 1.807) is 0 Å². The zero-order valence-corrected chi connectivity index (χ0v) is 10.0. The molecular formula is C11H10F3N3O3. The van der Waals surface area contributed by atoms with Gasteiger partial charge < -0.3 is 10.4 Å². The number of halogens is 3. The maximum atomic E-state index is 12.4. The molecule has 6 nitrogen and oxygen atoms in total. The van der Waals surface area contributed by atoms with Crippen LogP contribution in [0, 0.1) is 11.8 Å². The number of nitrogens with zero attached hydrogens (tertiary/aromatic N) is 2. The monoisotopic (exact) mass is 289 g/mol. The van der Waals surface area contributed by atoms with Gasteiger partial charge in [-0.1, -0.05) is 0 Å². The Morgan fingerprint density at radius 2 is 2.10 bits per heavy atom. The minimum absolute atomic E-state index is 0.180. The van der Waals surface area contributed by atoms with E-state index in [2.05, 4.69) is 15.3 Å². The first kappa shape index (κ1) is 14.2. The first-order chi connectivity index (χ1) is 9.29. The second-order valence-electron chi connectivity index (χ2n) is 4.36. The van der Waals surface area contributed by atoms with E-state index in [-0.39, 0.29) is 18.8 Å². The van der Waals surface area contributed by atoms with Crippen molar-refractivity contribution in [3.8, 4) is 0 Å². The van der Waals surface area contributed by atoms with E-state index in [4.69, 9.17) is 5.11 Å². The van der Waals surface area contributed by atoms with Crippen LogP contribution in [0.2, 0.25) is 0 Å². The Morgan fingerprint density at radius 1 is 1.40 bits per heavy atom. The third-order valence-electron chi connectivity index (χ3n) is 2.86. The molecule has 1 heterocycles. The molecule has 0 aliphatic heterocycles. The normalized spacial score (nSPS) is 21.4. The number of carboxylic acids is 1. The Kier molecular flexibility index (Phi) is 3.60. The molecule has 1 aliphatic carbocycles. The lowest BCUT2D eigenvalue weighted by molar-refractivity contribution is -0.141. The van der Waals surface area contributed by atoms with Crippen molar-refractivity contribution in [3.63, 3.8) is 0 Å². The van der Waals surface area contributed by atoms with Crippen molar-refractivity contribution in [2.45, 2.75) is 19.1 Å². The van der Waals surface area contributed by atoms with Crippen molar-refractivity contribution in [3.05, 3.63) is 23.8 Å². The third-order valence-corrected chi connectivity index (χ3v) is 2.86. The minimum Gasteiger partial charge on any atom is -0.481 e. The van der Waals surface area contributed by atoms with Gasteiger partial charge in [0.15, 0.2) is 0 Å². The van der Waals surface area contributed by atoms with Crippen molar-refractivity contribution >= 4 is 11.9 Å². The molecule has 9 heteroatoms. The van der Waals surface area contributed by atoms with Gasteiger partial charge >= 0.3 is 12.1 Å². The smallest absolute Gasteiger partial charge is 0.433 e. The van der Waals surface area contributed by atoms with Gasteiger partial charge in [-0.05, 0) is 12.5 Å². The summed E-state index contributed by atoms with van der Waals surface area (Å²) in [5.74, 6) is -3.09. The number of nitrogens with one attached hydrogen (secondary N) is 1. The summed E-state index contributed by atoms with van der Waals surface area (Å²) in [5.41, 5.74) is -1.09. The number of hydrogen-bond donors (Lipinski definition) is 2. The number of rotatable bonds is 4. The molecule has 2 rings (SSSR count). The van der Waals surface area contributed by atoms with Crippen LogP contribution in [0.25, 0.3) is 0 Å². The number of carbonyl (C=O) groups is 2. The fourth-order valence-electron chi connectivity index (χ4n) is 1.70. The van der Waals surface area contributed by atoms with Crippen molar-refractivity contribution in [2.24, 2.45) is 11.8 Å². The summed E-state index contributed by atoms with van der Waals surface area (Å²) in [6.45, 7) is -0.272. The molecule has 1 saturated carbocycles. The quantitative estimate of drug-likeness (QED) is 0.856. The van der Waals surface area contributed by atoms with Gasteiger partial charge in [0.05, 0.1) is 18.4 Å². The molecule has 1 aromatic rings. The molecule has 2 N–H and O–H groups in total. The van der Waals surface area contributed by atoms with E-state index < -0.39 is 35.6 Å². The second-order valence-corrected chi connectivity index (χ2v) is 4.36. The van der Waals surface area contributed by atoms with Gasteiger partial charge in [0, 0.05) is 6.20 Å². The number of carbonyl (C=O) groups excluding carboxylic acids is 1. The van der Waals surface area contributed by atoms with Crippen LogP contribution in [0.3, 0.4) is 0 Å². The molecule has 2 unspecified atom stereocenters. The molecule has 0 aromatic carbocycles. The van der Waals surface area contributed by atoms with Gasteiger partial charge in [-0.3, -0.25) is 9.59 Å². The molecule has 0 spiro atoms. The van der Waals surface area contributed by atoms with Crippen LogP contribution in [0.5, 0.6) is 0 Å². The van der Waals surface area contributed by atoms with Crippen LogP contribution < -0.4 is 5.32 Å². The molecule has 2 atom stereocenters. The van der Waals surface area contributed by atoms with Gasteiger partial charge in [-0.25, -0.2) is 9.97 Å². The lowest BCUT2D eigenvalue weighted by Gasteiger charge is -2.07. The summed E-state index contributed by atoms with van der Waals surface area (Å²) in [6.07, 6.45) is -3.38. The molecule has 1 aliphatic rings. The van der Waals surface area contributed by atoms with E-state index in [0.29, 0.717) is 0 Å². The average molecular weight is 289 g/mol. The molecule has 1 fully saturated rings. The molecule has 20 heavy (non-hydrogen) atoms. The predicted molar refractivity (Wildman–Crippen MR) is 58.1 cm³/mol. The van der Waals surface area contributed by atoms with E-state index >= 15 is 0 Å². The average Bonchev–Trinajstić information content (AvgIpc) is 3.15. The number of amides is 1. The van der Waals surface area contributed by atoms with Gasteiger partial charge in [0.25, 0.3) is 0 Å². The molecule has 1 amide bonds. The fourth-order valence-corrected chi connectivity index (χ4v) is 1.70. The summed E-state index contributed by atoms with van der Waals surface area (Å²) in [7, 11) is 0. The van der Waals surface area contributed by atoms with Gasteiger partial charge in [0.1, 0.15) is 11.5 Å². The zero-order chi connectivity index (χ0) is 14.9. The lowest BCUT2D eigenvalue weighted by atomic mass is 10.3. The maximum absolute atomic E-state index is 12.4. The Balaban J connectivity index is 1.92. The topological polar surface area (TPSA) is 92.2 Å². The summed E-state index contributed by atoms with van der Waals surface area (Å²) >= 11 is 0. The highest BCUT2D eigenvalue weighted by atomic mass is 19.4. The Labute approximate surface area is 111 Å². The summed E-state index contributed by atoms with van der Waals surface area (Å²) in [5, 5.41) is 11.0. The van der Waals surface area contributed by atoms with Gasteiger partial charge in [0.2, 0.25) is 5.91 Å². The van der Waals surface area contributed by atoms with Crippen molar-refractivity contribution in [1.29, 1.82) is 0 Å². The highest BCUT2D eigenvalue weighted by Gasteiger charge is 2.48. The van der Waals surface area contributed by atoms with Crippen LogP contribution in [0.1, 0.15) is 17.9 Å². The van der Waals surface area contributed by atoms with Gasteiger partial charge in [-0.2, -0.15) is 13.2 Å². The molecule has 1 aromatic heterocycles.